The molecular weight excluding hydrogens is 693 g/mol. The van der Waals surface area contributed by atoms with Crippen molar-refractivity contribution in [2.45, 2.75) is 0 Å². The lowest BCUT2D eigenvalue weighted by molar-refractivity contribution is 0.669. The number of para-hydroxylation sites is 2. The van der Waals surface area contributed by atoms with Crippen molar-refractivity contribution in [2.75, 3.05) is 4.90 Å². The monoisotopic (exact) mass is 728 g/mol. The van der Waals surface area contributed by atoms with E-state index < -0.39 is 0 Å². The SMILES string of the molecule is c1ccc(-c2ccc(N(c3ccccc3)c3ccc(-n4c5ccc(-c6ccccc6)cc5c5c(-c6ccccc6)c6c(cc54)oc4ccccc46)cc3)cc2)cc1. The van der Waals surface area contributed by atoms with Crippen molar-refractivity contribution >= 4 is 60.8 Å². The van der Waals surface area contributed by atoms with Crippen molar-refractivity contribution in [1.82, 2.24) is 4.57 Å². The Labute approximate surface area is 330 Å². The second kappa shape index (κ2) is 13.6. The van der Waals surface area contributed by atoms with Gasteiger partial charge in [-0.1, -0.05) is 146 Å². The maximum absolute atomic E-state index is 6.67. The largest absolute Gasteiger partial charge is 0.456 e. The second-order valence-electron chi connectivity index (χ2n) is 14.5. The molecule has 0 amide bonds. The molecule has 0 fully saturated rings. The van der Waals surface area contributed by atoms with E-state index in [4.69, 9.17) is 4.42 Å². The predicted octanol–water partition coefficient (Wildman–Crippen LogP) is 15.2. The summed E-state index contributed by atoms with van der Waals surface area (Å²) >= 11 is 0. The molecule has 57 heavy (non-hydrogen) atoms. The zero-order valence-corrected chi connectivity index (χ0v) is 31.1. The van der Waals surface area contributed by atoms with Crippen molar-refractivity contribution in [2.24, 2.45) is 0 Å². The van der Waals surface area contributed by atoms with E-state index in [-0.39, 0.29) is 0 Å². The third kappa shape index (κ3) is 5.60. The van der Waals surface area contributed by atoms with Crippen molar-refractivity contribution < 1.29 is 4.42 Å². The summed E-state index contributed by atoms with van der Waals surface area (Å²) in [7, 11) is 0. The van der Waals surface area contributed by atoms with Crippen LogP contribution in [0.25, 0.3) is 82.8 Å². The number of benzene rings is 9. The summed E-state index contributed by atoms with van der Waals surface area (Å²) in [5.74, 6) is 0. The van der Waals surface area contributed by atoms with Crippen molar-refractivity contribution in [1.29, 1.82) is 0 Å². The van der Waals surface area contributed by atoms with Gasteiger partial charge in [0, 0.05) is 55.9 Å². The van der Waals surface area contributed by atoms with Gasteiger partial charge in [-0.3, -0.25) is 0 Å². The molecule has 0 spiro atoms. The van der Waals surface area contributed by atoms with Crippen molar-refractivity contribution in [3.8, 4) is 39.1 Å². The number of hydrogen-bond acceptors (Lipinski definition) is 2. The maximum atomic E-state index is 6.67. The smallest absolute Gasteiger partial charge is 0.138 e. The molecule has 0 unspecified atom stereocenters. The van der Waals surface area contributed by atoms with Crippen LogP contribution in [0.4, 0.5) is 17.1 Å². The number of nitrogens with zero attached hydrogens (tertiary/aromatic N) is 2. The third-order valence-electron chi connectivity index (χ3n) is 11.2. The number of anilines is 3. The summed E-state index contributed by atoms with van der Waals surface area (Å²) in [6, 6.07) is 77.9. The zero-order valence-electron chi connectivity index (χ0n) is 31.1. The lowest BCUT2D eigenvalue weighted by Gasteiger charge is -2.26. The van der Waals surface area contributed by atoms with Crippen molar-refractivity contribution in [3.63, 3.8) is 0 Å². The van der Waals surface area contributed by atoms with Gasteiger partial charge in [0.05, 0.1) is 11.0 Å². The molecule has 2 aromatic heterocycles. The molecule has 268 valence electrons. The molecule has 0 saturated carbocycles. The number of hydrogen-bond donors (Lipinski definition) is 0. The minimum absolute atomic E-state index is 0.876. The first-order chi connectivity index (χ1) is 28.3. The summed E-state index contributed by atoms with van der Waals surface area (Å²) in [6.07, 6.45) is 0. The Morgan fingerprint density at radius 1 is 0.333 bits per heavy atom. The van der Waals surface area contributed by atoms with E-state index >= 15 is 0 Å². The summed E-state index contributed by atoms with van der Waals surface area (Å²) in [5, 5.41) is 4.67. The molecular formula is C54H36N2O. The van der Waals surface area contributed by atoms with Crippen LogP contribution in [0, 0.1) is 0 Å². The minimum Gasteiger partial charge on any atom is -0.456 e. The molecule has 0 aliphatic carbocycles. The standard InChI is InChI=1S/C54H36N2O/c1-5-15-37(16-6-1)39-25-28-43(29-26-39)55(42-21-11-4-12-22-42)44-30-32-45(33-31-44)56-48-34-27-41(38-17-7-2-8-18-38)35-47(48)53-49(56)36-51-54(46-23-13-14-24-50(46)57-51)52(53)40-19-9-3-10-20-40/h1-36H. The van der Waals surface area contributed by atoms with E-state index in [1.54, 1.807) is 0 Å². The van der Waals surface area contributed by atoms with Crippen LogP contribution in [-0.4, -0.2) is 4.57 Å². The molecule has 0 radical (unpaired) electrons. The van der Waals surface area contributed by atoms with E-state index in [0.29, 0.717) is 0 Å². The normalized spacial score (nSPS) is 11.5. The lowest BCUT2D eigenvalue weighted by atomic mass is 9.93. The molecule has 0 N–H and O–H groups in total. The number of rotatable bonds is 7. The molecule has 0 saturated heterocycles. The molecule has 9 aromatic carbocycles. The first-order valence-electron chi connectivity index (χ1n) is 19.4. The first kappa shape index (κ1) is 32.8. The molecule has 3 heteroatoms. The van der Waals surface area contributed by atoms with Gasteiger partial charge < -0.3 is 13.9 Å². The first-order valence-corrected chi connectivity index (χ1v) is 19.4. The zero-order chi connectivity index (χ0) is 37.7. The highest BCUT2D eigenvalue weighted by molar-refractivity contribution is 6.27. The Morgan fingerprint density at radius 2 is 0.842 bits per heavy atom. The summed E-state index contributed by atoms with van der Waals surface area (Å²) < 4.78 is 9.07. The summed E-state index contributed by atoms with van der Waals surface area (Å²) in [6.45, 7) is 0. The Hall–Kier alpha value is -7.62. The highest BCUT2D eigenvalue weighted by Gasteiger charge is 2.23. The highest BCUT2D eigenvalue weighted by atomic mass is 16.3. The number of furan rings is 1. The van der Waals surface area contributed by atoms with Crippen LogP contribution in [0.5, 0.6) is 0 Å². The van der Waals surface area contributed by atoms with E-state index in [2.05, 4.69) is 222 Å². The van der Waals surface area contributed by atoms with E-state index in [1.807, 2.05) is 6.07 Å². The van der Waals surface area contributed by atoms with Gasteiger partial charge in [-0.25, -0.2) is 0 Å². The second-order valence-corrected chi connectivity index (χ2v) is 14.5. The summed E-state index contributed by atoms with van der Waals surface area (Å²) in [5.41, 5.74) is 15.5. The van der Waals surface area contributed by atoms with E-state index in [1.165, 1.54) is 38.6 Å². The molecule has 11 rings (SSSR count). The Kier molecular flexibility index (Phi) is 7.82. The molecule has 3 nitrogen and oxygen atoms in total. The van der Waals surface area contributed by atoms with Gasteiger partial charge in [0.2, 0.25) is 0 Å². The fourth-order valence-corrected chi connectivity index (χ4v) is 8.57. The molecule has 0 aliphatic heterocycles. The highest BCUT2D eigenvalue weighted by Crippen LogP contribution is 2.47. The number of fused-ring (bicyclic) bond motifs is 6. The molecule has 0 atom stereocenters. The van der Waals surface area contributed by atoms with Gasteiger partial charge in [0.15, 0.2) is 0 Å². The topological polar surface area (TPSA) is 21.3 Å². The molecule has 0 bridgehead atoms. The fraction of sp³-hybridized carbons (Fsp3) is 0. The molecule has 11 aromatic rings. The van der Waals surface area contributed by atoms with Crippen LogP contribution in [0.1, 0.15) is 0 Å². The van der Waals surface area contributed by atoms with Crippen LogP contribution < -0.4 is 4.90 Å². The van der Waals surface area contributed by atoms with Gasteiger partial charge in [-0.15, -0.1) is 0 Å². The van der Waals surface area contributed by atoms with Gasteiger partial charge in [0.25, 0.3) is 0 Å². The van der Waals surface area contributed by atoms with E-state index in [9.17, 15) is 0 Å². The van der Waals surface area contributed by atoms with Gasteiger partial charge in [-0.05, 0) is 94.5 Å². The van der Waals surface area contributed by atoms with Gasteiger partial charge in [0.1, 0.15) is 11.2 Å². The Morgan fingerprint density at radius 3 is 1.51 bits per heavy atom. The average molecular weight is 729 g/mol. The Bertz CT molecular complexity index is 3180. The van der Waals surface area contributed by atoms with Crippen LogP contribution >= 0.6 is 0 Å². The maximum Gasteiger partial charge on any atom is 0.138 e. The van der Waals surface area contributed by atoms with Gasteiger partial charge in [-0.2, -0.15) is 0 Å². The van der Waals surface area contributed by atoms with Crippen LogP contribution in [-0.2, 0) is 0 Å². The lowest BCUT2D eigenvalue weighted by Crippen LogP contribution is -2.10. The van der Waals surface area contributed by atoms with Crippen LogP contribution in [0.2, 0.25) is 0 Å². The molecule has 2 heterocycles. The van der Waals surface area contributed by atoms with Crippen molar-refractivity contribution in [3.05, 3.63) is 218 Å². The Balaban J connectivity index is 1.13. The third-order valence-corrected chi connectivity index (χ3v) is 11.2. The molecule has 0 aliphatic rings. The fourth-order valence-electron chi connectivity index (χ4n) is 8.57. The van der Waals surface area contributed by atoms with Crippen LogP contribution in [0.15, 0.2) is 223 Å². The quantitative estimate of drug-likeness (QED) is 0.163. The predicted molar refractivity (Wildman–Crippen MR) is 239 cm³/mol. The van der Waals surface area contributed by atoms with E-state index in [0.717, 1.165) is 61.3 Å². The van der Waals surface area contributed by atoms with Crippen LogP contribution in [0.3, 0.4) is 0 Å². The summed E-state index contributed by atoms with van der Waals surface area (Å²) in [4.78, 5) is 2.32. The minimum atomic E-state index is 0.876. The van der Waals surface area contributed by atoms with Gasteiger partial charge >= 0.3 is 0 Å². The number of aromatic nitrogens is 1. The average Bonchev–Trinajstić information content (AvgIpc) is 3.82.